The van der Waals surface area contributed by atoms with Gasteiger partial charge in [0.25, 0.3) is 11.6 Å². The fourth-order valence-corrected chi connectivity index (χ4v) is 3.91. The van der Waals surface area contributed by atoms with Gasteiger partial charge >= 0.3 is 0 Å². The van der Waals surface area contributed by atoms with Crippen LogP contribution in [0.3, 0.4) is 0 Å². The summed E-state index contributed by atoms with van der Waals surface area (Å²) in [7, 11) is 0. The van der Waals surface area contributed by atoms with Crippen molar-refractivity contribution in [2.24, 2.45) is 11.0 Å². The Morgan fingerprint density at radius 3 is 2.53 bits per heavy atom. The first-order valence-electron chi connectivity index (χ1n) is 8.98. The van der Waals surface area contributed by atoms with Crippen molar-refractivity contribution in [3.8, 4) is 0 Å². The lowest BCUT2D eigenvalue weighted by Crippen LogP contribution is -2.39. The Morgan fingerprint density at radius 1 is 1.17 bits per heavy atom. The molecule has 0 saturated carbocycles. The number of non-ortho nitro benzene ring substituents is 1. The topological polar surface area (TPSA) is 113 Å². The van der Waals surface area contributed by atoms with Crippen molar-refractivity contribution in [3.05, 3.63) is 63.2 Å². The maximum Gasteiger partial charge on any atom is 0.271 e. The van der Waals surface area contributed by atoms with E-state index in [9.17, 15) is 24.5 Å². The number of nitro benzene ring substituents is 1. The molecule has 152 valence electrons. The smallest absolute Gasteiger partial charge is 0.271 e. The Balaban J connectivity index is 1.83. The molecule has 2 heterocycles. The fourth-order valence-electron chi connectivity index (χ4n) is 3.74. The summed E-state index contributed by atoms with van der Waals surface area (Å²) >= 11 is 6.16. The van der Waals surface area contributed by atoms with Crippen LogP contribution in [0.25, 0.3) is 0 Å². The van der Waals surface area contributed by atoms with Crippen LogP contribution in [0.1, 0.15) is 12.5 Å². The molecule has 1 saturated heterocycles. The Morgan fingerprint density at radius 2 is 1.87 bits per heavy atom. The molecule has 10 heteroatoms. The number of halogens is 1. The molecule has 0 N–H and O–H groups in total. The summed E-state index contributed by atoms with van der Waals surface area (Å²) in [5, 5.41) is 16.9. The SMILES string of the molecule is CC(=O)C1=NN(c2cccc([N+](=O)[O-])c2)[C@H]2C(=O)N(c3cccc(Cl)c3C)C(=O)[C@H]12. The summed E-state index contributed by atoms with van der Waals surface area (Å²) in [6, 6.07) is 9.27. The van der Waals surface area contributed by atoms with Gasteiger partial charge in [-0.15, -0.1) is 0 Å². The van der Waals surface area contributed by atoms with Gasteiger partial charge in [-0.1, -0.05) is 23.7 Å². The Bertz CT molecular complexity index is 1160. The lowest BCUT2D eigenvalue weighted by Gasteiger charge is -2.22. The number of benzene rings is 2. The summed E-state index contributed by atoms with van der Waals surface area (Å²) in [4.78, 5) is 50.3. The number of nitro groups is 1. The van der Waals surface area contributed by atoms with E-state index in [4.69, 9.17) is 11.6 Å². The fraction of sp³-hybridized carbons (Fsp3) is 0.200. The van der Waals surface area contributed by atoms with Crippen molar-refractivity contribution in [3.63, 3.8) is 0 Å². The van der Waals surface area contributed by atoms with Gasteiger partial charge in [-0.25, -0.2) is 4.90 Å². The van der Waals surface area contributed by atoms with Crippen molar-refractivity contribution in [1.29, 1.82) is 0 Å². The van der Waals surface area contributed by atoms with Crippen LogP contribution in [-0.2, 0) is 14.4 Å². The van der Waals surface area contributed by atoms with Crippen molar-refractivity contribution in [2.75, 3.05) is 9.91 Å². The molecular formula is C20H15ClN4O5. The molecule has 2 atom stereocenters. The second-order valence-corrected chi connectivity index (χ2v) is 7.39. The average Bonchev–Trinajstić information content (AvgIpc) is 3.22. The number of imide groups is 1. The zero-order valence-electron chi connectivity index (χ0n) is 15.9. The highest BCUT2D eigenvalue weighted by Gasteiger charge is 2.58. The van der Waals surface area contributed by atoms with E-state index in [1.54, 1.807) is 25.1 Å². The minimum Gasteiger partial charge on any atom is -0.293 e. The number of hydrazone groups is 1. The van der Waals surface area contributed by atoms with Crippen molar-refractivity contribution in [2.45, 2.75) is 19.9 Å². The van der Waals surface area contributed by atoms with Gasteiger partial charge in [0, 0.05) is 24.1 Å². The maximum absolute atomic E-state index is 13.3. The number of ketones is 1. The van der Waals surface area contributed by atoms with Gasteiger partial charge in [-0.05, 0) is 30.7 Å². The third-order valence-electron chi connectivity index (χ3n) is 5.19. The Labute approximate surface area is 175 Å². The van der Waals surface area contributed by atoms with Crippen LogP contribution in [-0.4, -0.2) is 34.3 Å². The molecule has 30 heavy (non-hydrogen) atoms. The minimum atomic E-state index is -1.11. The molecule has 9 nitrogen and oxygen atoms in total. The van der Waals surface area contributed by atoms with Crippen molar-refractivity contribution in [1.82, 2.24) is 0 Å². The number of hydrogen-bond acceptors (Lipinski definition) is 7. The van der Waals surface area contributed by atoms with Gasteiger partial charge in [0.1, 0.15) is 17.7 Å². The number of anilines is 2. The molecule has 2 aliphatic heterocycles. The number of carbonyl (C=O) groups is 3. The standard InChI is InChI=1S/C20H15ClN4O5/c1-10-14(21)7-4-8-15(10)23-19(27)16-17(11(2)26)22-24(18(16)20(23)28)12-5-3-6-13(9-12)25(29)30/h3-9,16,18H,1-2H3/t16-,18-/m1/s1. The zero-order valence-corrected chi connectivity index (χ0v) is 16.7. The summed E-state index contributed by atoms with van der Waals surface area (Å²) in [6.45, 7) is 2.95. The monoisotopic (exact) mass is 426 g/mol. The van der Waals surface area contributed by atoms with E-state index >= 15 is 0 Å². The summed E-state index contributed by atoms with van der Waals surface area (Å²) in [5.74, 6) is -2.73. The normalized spacial score (nSPS) is 20.4. The second-order valence-electron chi connectivity index (χ2n) is 6.98. The first kappa shape index (κ1) is 19.7. The van der Waals surface area contributed by atoms with Crippen molar-refractivity contribution >= 4 is 52.0 Å². The Kier molecular flexibility index (Phi) is 4.62. The molecule has 0 bridgehead atoms. The van der Waals surface area contributed by atoms with Gasteiger partial charge in [0.05, 0.1) is 16.3 Å². The van der Waals surface area contributed by atoms with Crippen LogP contribution in [0.2, 0.25) is 5.02 Å². The van der Waals surface area contributed by atoms with E-state index in [1.807, 2.05) is 0 Å². The van der Waals surface area contributed by atoms with Crippen LogP contribution >= 0.6 is 11.6 Å². The van der Waals surface area contributed by atoms with Gasteiger partial charge in [-0.3, -0.25) is 29.5 Å². The van der Waals surface area contributed by atoms with E-state index in [1.165, 1.54) is 36.2 Å². The van der Waals surface area contributed by atoms with E-state index in [-0.39, 0.29) is 17.1 Å². The second kappa shape index (κ2) is 7.03. The highest BCUT2D eigenvalue weighted by molar-refractivity contribution is 6.49. The molecule has 0 spiro atoms. The lowest BCUT2D eigenvalue weighted by molar-refractivity contribution is -0.384. The number of carbonyl (C=O) groups excluding carboxylic acids is 3. The molecule has 0 radical (unpaired) electrons. The first-order chi connectivity index (χ1) is 14.2. The van der Waals surface area contributed by atoms with Gasteiger partial charge in [-0.2, -0.15) is 5.10 Å². The third-order valence-corrected chi connectivity index (χ3v) is 5.60. The largest absolute Gasteiger partial charge is 0.293 e. The molecule has 1 fully saturated rings. The minimum absolute atomic E-state index is 0.0629. The summed E-state index contributed by atoms with van der Waals surface area (Å²) < 4.78 is 0. The van der Waals surface area contributed by atoms with Gasteiger partial charge in [0.2, 0.25) is 5.91 Å². The number of fused-ring (bicyclic) bond motifs is 1. The first-order valence-corrected chi connectivity index (χ1v) is 9.36. The molecule has 2 amide bonds. The molecule has 2 aliphatic rings. The molecule has 2 aromatic carbocycles. The summed E-state index contributed by atoms with van der Waals surface area (Å²) in [5.41, 5.74) is 0.848. The molecule has 0 aliphatic carbocycles. The highest BCUT2D eigenvalue weighted by atomic mass is 35.5. The number of rotatable bonds is 4. The molecular weight excluding hydrogens is 412 g/mol. The predicted molar refractivity (Wildman–Crippen MR) is 110 cm³/mol. The van der Waals surface area contributed by atoms with Crippen LogP contribution < -0.4 is 9.91 Å². The van der Waals surface area contributed by atoms with Crippen LogP contribution in [0, 0.1) is 23.0 Å². The van der Waals surface area contributed by atoms with Crippen LogP contribution in [0.5, 0.6) is 0 Å². The molecule has 2 aromatic rings. The van der Waals surface area contributed by atoms with E-state index in [0.717, 1.165) is 4.90 Å². The van der Waals surface area contributed by atoms with Crippen LogP contribution in [0.4, 0.5) is 17.1 Å². The maximum atomic E-state index is 13.3. The third kappa shape index (κ3) is 2.86. The highest BCUT2D eigenvalue weighted by Crippen LogP contribution is 2.40. The van der Waals surface area contributed by atoms with Crippen molar-refractivity contribution < 1.29 is 19.3 Å². The molecule has 0 aromatic heterocycles. The van der Waals surface area contributed by atoms with Crippen LogP contribution in [0.15, 0.2) is 47.6 Å². The quantitative estimate of drug-likeness (QED) is 0.422. The molecule has 4 rings (SSSR count). The van der Waals surface area contributed by atoms with Gasteiger partial charge in [0.15, 0.2) is 5.78 Å². The number of amides is 2. The van der Waals surface area contributed by atoms with E-state index < -0.39 is 34.5 Å². The lowest BCUT2D eigenvalue weighted by atomic mass is 9.95. The number of hydrogen-bond donors (Lipinski definition) is 0. The van der Waals surface area contributed by atoms with Gasteiger partial charge < -0.3 is 0 Å². The van der Waals surface area contributed by atoms with E-state index in [0.29, 0.717) is 16.3 Å². The number of nitrogens with zero attached hydrogens (tertiary/aromatic N) is 4. The zero-order chi connectivity index (χ0) is 21.7. The summed E-state index contributed by atoms with van der Waals surface area (Å²) in [6.07, 6.45) is 0. The van der Waals surface area contributed by atoms with E-state index in [2.05, 4.69) is 5.10 Å². The predicted octanol–water partition coefficient (Wildman–Crippen LogP) is 2.88. The number of Topliss-reactive ketones (excluding diaryl/α,β-unsaturated/α-hetero) is 1. The Hall–Kier alpha value is -3.59. The molecule has 0 unspecified atom stereocenters. The average molecular weight is 427 g/mol.